The van der Waals surface area contributed by atoms with Crippen molar-refractivity contribution in [2.45, 2.75) is 118 Å². The van der Waals surface area contributed by atoms with E-state index in [1.807, 2.05) is 63.6 Å². The number of allylic oxidation sites excluding steroid dienone is 7. The third kappa shape index (κ3) is 13.7. The van der Waals surface area contributed by atoms with Gasteiger partial charge in [-0.3, -0.25) is 23.5 Å². The summed E-state index contributed by atoms with van der Waals surface area (Å²) in [6.07, 6.45) is 10.5. The van der Waals surface area contributed by atoms with Crippen LogP contribution in [0.15, 0.2) is 110 Å². The van der Waals surface area contributed by atoms with Crippen LogP contribution in [0.1, 0.15) is 101 Å². The molecule has 0 spiro atoms. The fourth-order valence-electron chi connectivity index (χ4n) is 9.89. The number of hydrogen-bond donors (Lipinski definition) is 2. The molecule has 0 saturated carbocycles. The van der Waals surface area contributed by atoms with Crippen molar-refractivity contribution >= 4 is 65.2 Å². The topological polar surface area (TPSA) is 282 Å². The van der Waals surface area contributed by atoms with Gasteiger partial charge in [0.05, 0.1) is 71.1 Å². The first-order chi connectivity index (χ1) is 36.6. The zero-order chi connectivity index (χ0) is 57.0. The number of fused-ring (bicyclic) bond motifs is 2. The molecule has 1 fully saturated rings. The molecule has 4 aliphatic rings. The van der Waals surface area contributed by atoms with Crippen LogP contribution < -0.4 is 9.80 Å². The molecule has 0 atom stereocenters. The summed E-state index contributed by atoms with van der Waals surface area (Å²) in [5.74, 6) is -0.980. The molecular weight excluding hydrogens is 1070 g/mol. The van der Waals surface area contributed by atoms with Crippen LogP contribution in [-0.4, -0.2) is 125 Å². The maximum absolute atomic E-state index is 12.5. The minimum absolute atomic E-state index is 0.0290. The second kappa shape index (κ2) is 24.2. The van der Waals surface area contributed by atoms with Crippen molar-refractivity contribution in [3.05, 3.63) is 118 Å². The van der Waals surface area contributed by atoms with E-state index in [9.17, 15) is 53.3 Å². The monoisotopic (exact) mass is 1140 g/mol. The van der Waals surface area contributed by atoms with Crippen molar-refractivity contribution in [1.29, 1.82) is 0 Å². The first-order valence-electron chi connectivity index (χ1n) is 25.3. The number of ether oxygens (including phenoxy) is 4. The standard InChI is InChI=1S/C54H65N3O18S3/c1-35-31-41(77(64,65)66)33-43-50(35)55(7)45(53(43,3)4)20-14-37-11-10-12-38(52(37)74-39-16-18-40(19-17-39)76(61,62)63)15-21-46-54(5,6)44-34-42(78(67,68)69)32-36(2)51(44)56(46)73-30-29-72-28-27-71-26-25-70-24-9-8-13-49(60)75-57-47(58)22-23-48(57)59/h14-21,31-34H,8-13,22-30H2,1-7H3,(H2-,61,62,63,64,65,66,67,68,69). The predicted molar refractivity (Wildman–Crippen MR) is 282 cm³/mol. The molecular formula is C54H65N3O18S3. The van der Waals surface area contributed by atoms with Crippen molar-refractivity contribution in [2.24, 2.45) is 0 Å². The molecule has 0 unspecified atom stereocenters. The molecule has 2 amide bonds. The Labute approximate surface area is 454 Å². The molecule has 3 aliphatic heterocycles. The Balaban J connectivity index is 1.07. The van der Waals surface area contributed by atoms with Gasteiger partial charge in [-0.25, -0.2) is 18.3 Å². The number of benzene rings is 3. The van der Waals surface area contributed by atoms with E-state index in [2.05, 4.69) is 0 Å². The van der Waals surface area contributed by atoms with Crippen LogP contribution in [0.25, 0.3) is 0 Å². The summed E-state index contributed by atoms with van der Waals surface area (Å²) in [5, 5.41) is 2.16. The quantitative estimate of drug-likeness (QED) is 0.0390. The molecule has 1 aliphatic carbocycles. The Bertz CT molecular complexity index is 3340. The second-order valence-corrected chi connectivity index (χ2v) is 24.4. The number of hydrogen-bond acceptors (Lipinski definition) is 17. The van der Waals surface area contributed by atoms with Gasteiger partial charge in [-0.2, -0.15) is 21.4 Å². The Morgan fingerprint density at radius 1 is 0.692 bits per heavy atom. The molecule has 3 aromatic rings. The average Bonchev–Trinajstić information content (AvgIpc) is 3.90. The summed E-state index contributed by atoms with van der Waals surface area (Å²) < 4.78 is 131. The molecule has 2 N–H and O–H groups in total. The van der Waals surface area contributed by atoms with Crippen LogP contribution in [0.2, 0.25) is 0 Å². The van der Waals surface area contributed by atoms with Crippen molar-refractivity contribution in [2.75, 3.05) is 58.4 Å². The summed E-state index contributed by atoms with van der Waals surface area (Å²) in [6, 6.07) is 10.9. The van der Waals surface area contributed by atoms with E-state index in [-0.39, 0.29) is 66.1 Å². The molecule has 0 radical (unpaired) electrons. The number of amides is 2. The first-order valence-corrected chi connectivity index (χ1v) is 29.6. The van der Waals surface area contributed by atoms with E-state index in [4.69, 9.17) is 28.6 Å². The highest BCUT2D eigenvalue weighted by Gasteiger charge is 2.45. The number of anilines is 1. The maximum Gasteiger partial charge on any atom is 0.333 e. The Kier molecular flexibility index (Phi) is 18.5. The van der Waals surface area contributed by atoms with Gasteiger partial charge in [-0.05, 0) is 143 Å². The Morgan fingerprint density at radius 3 is 1.90 bits per heavy atom. The van der Waals surface area contributed by atoms with Gasteiger partial charge in [0.1, 0.15) is 28.7 Å². The maximum atomic E-state index is 12.5. The zero-order valence-electron chi connectivity index (χ0n) is 44.5. The van der Waals surface area contributed by atoms with Gasteiger partial charge in [0, 0.05) is 48.5 Å². The minimum Gasteiger partial charge on any atom is -0.744 e. The van der Waals surface area contributed by atoms with Gasteiger partial charge in [0.25, 0.3) is 32.1 Å². The predicted octanol–water partition coefficient (Wildman–Crippen LogP) is 7.15. The summed E-state index contributed by atoms with van der Waals surface area (Å²) >= 11 is 0. The molecule has 3 aromatic carbocycles. The van der Waals surface area contributed by atoms with E-state index in [0.717, 1.165) is 22.5 Å². The van der Waals surface area contributed by atoms with Gasteiger partial charge >= 0.3 is 5.97 Å². The molecule has 78 heavy (non-hydrogen) atoms. The van der Waals surface area contributed by atoms with Gasteiger partial charge in [0.15, 0.2) is 5.71 Å². The number of imide groups is 1. The van der Waals surface area contributed by atoms with Crippen LogP contribution in [0.5, 0.6) is 5.75 Å². The molecule has 21 nitrogen and oxygen atoms in total. The van der Waals surface area contributed by atoms with Crippen molar-refractivity contribution in [3.8, 4) is 5.75 Å². The van der Waals surface area contributed by atoms with E-state index in [0.29, 0.717) is 96.4 Å². The lowest BCUT2D eigenvalue weighted by Crippen LogP contribution is -2.31. The van der Waals surface area contributed by atoms with Crippen LogP contribution in [0, 0.1) is 13.8 Å². The number of hydroxylamine groups is 3. The highest BCUT2D eigenvalue weighted by molar-refractivity contribution is 7.86. The van der Waals surface area contributed by atoms with E-state index >= 15 is 0 Å². The van der Waals surface area contributed by atoms with Gasteiger partial charge in [-0.15, -0.1) is 5.06 Å². The SMILES string of the molecule is Cc1cc(S(=O)(=O)O)cc2c1N(OCCOCCOCCOCCCCC(=O)ON1C(=O)CCC1=O)/C(=C/C=C1\CCCC(/C=C/C3=[N+](C)c4c(C)cc(S(=O)(=O)[O-])cc4C3(C)C)=C1Oc1ccc(S(=O)(=O)O)cc1)C2(C)C. The highest BCUT2D eigenvalue weighted by Crippen LogP contribution is 2.51. The summed E-state index contributed by atoms with van der Waals surface area (Å²) in [5.41, 5.74) is 5.02. The number of rotatable bonds is 24. The largest absolute Gasteiger partial charge is 0.744 e. The molecule has 3 heterocycles. The first kappa shape index (κ1) is 59.7. The number of unbranched alkanes of at least 4 members (excludes halogenated alkanes) is 1. The van der Waals surface area contributed by atoms with Crippen molar-refractivity contribution in [1.82, 2.24) is 5.06 Å². The number of carbonyl (C=O) groups excluding carboxylic acids is 3. The smallest absolute Gasteiger partial charge is 0.333 e. The van der Waals surface area contributed by atoms with E-state index in [1.165, 1.54) is 48.5 Å². The van der Waals surface area contributed by atoms with Crippen LogP contribution >= 0.6 is 0 Å². The lowest BCUT2D eigenvalue weighted by atomic mass is 9.80. The summed E-state index contributed by atoms with van der Waals surface area (Å²) in [6.45, 7) is 12.8. The zero-order valence-corrected chi connectivity index (χ0v) is 47.0. The second-order valence-electron chi connectivity index (χ2n) is 20.2. The number of nitrogens with zero attached hydrogens (tertiary/aromatic N) is 3. The van der Waals surface area contributed by atoms with Gasteiger partial charge in [0.2, 0.25) is 5.69 Å². The average molecular weight is 1140 g/mol. The molecule has 1 saturated heterocycles. The fraction of sp³-hybridized carbons (Fsp3) is 0.444. The molecule has 0 aromatic heterocycles. The third-order valence-electron chi connectivity index (χ3n) is 13.9. The number of carbonyl (C=O) groups is 3. The van der Waals surface area contributed by atoms with Gasteiger partial charge < -0.3 is 28.3 Å². The van der Waals surface area contributed by atoms with Crippen molar-refractivity contribution < 1.29 is 86.5 Å². The Hall–Kier alpha value is -5.93. The lowest BCUT2D eigenvalue weighted by Gasteiger charge is -2.27. The molecule has 422 valence electrons. The third-order valence-corrected chi connectivity index (χ3v) is 16.4. The summed E-state index contributed by atoms with van der Waals surface area (Å²) in [7, 11) is -12.0. The highest BCUT2D eigenvalue weighted by atomic mass is 32.2. The molecule has 7 rings (SSSR count). The van der Waals surface area contributed by atoms with Gasteiger partial charge in [-0.1, -0.05) is 19.9 Å². The fourth-order valence-corrected chi connectivity index (χ4v) is 11.5. The molecule has 24 heteroatoms. The Morgan fingerprint density at radius 2 is 1.28 bits per heavy atom. The summed E-state index contributed by atoms with van der Waals surface area (Å²) in [4.78, 5) is 45.6. The lowest BCUT2D eigenvalue weighted by molar-refractivity contribution is -0.402. The van der Waals surface area contributed by atoms with Crippen LogP contribution in [0.3, 0.4) is 0 Å². The molecule has 0 bridgehead atoms. The van der Waals surface area contributed by atoms with Crippen LogP contribution in [-0.2, 0) is 79.5 Å². The van der Waals surface area contributed by atoms with Crippen LogP contribution in [0.4, 0.5) is 11.4 Å². The minimum atomic E-state index is -4.74. The number of aryl methyl sites for hydroxylation is 2. The van der Waals surface area contributed by atoms with E-state index < -0.39 is 59.0 Å². The van der Waals surface area contributed by atoms with Crippen molar-refractivity contribution in [3.63, 3.8) is 0 Å². The normalized spacial score (nSPS) is 18.5. The van der Waals surface area contributed by atoms with E-state index in [1.54, 1.807) is 18.9 Å².